The van der Waals surface area contributed by atoms with Crippen LogP contribution in [0.15, 0.2) is 17.7 Å². The first-order chi connectivity index (χ1) is 7.68. The minimum absolute atomic E-state index is 0.468. The fourth-order valence-electron chi connectivity index (χ4n) is 2.36. The van der Waals surface area contributed by atoms with Crippen LogP contribution >= 0.6 is 0 Å². The van der Waals surface area contributed by atoms with E-state index >= 15 is 0 Å². The van der Waals surface area contributed by atoms with Crippen LogP contribution in [0.5, 0.6) is 0 Å². The third kappa shape index (κ3) is 2.35. The Morgan fingerprint density at radius 3 is 2.88 bits per heavy atom. The quantitative estimate of drug-likeness (QED) is 0.778. The molecule has 0 spiro atoms. The molecule has 0 fully saturated rings. The topological polar surface area (TPSA) is 38.0 Å². The zero-order valence-corrected chi connectivity index (χ0v) is 10.1. The lowest BCUT2D eigenvalue weighted by Gasteiger charge is -2.14. The fraction of sp³-hybridized carbons (Fsp3) is 0.615. The number of aliphatic hydroxyl groups excluding tert-OH is 1. The summed E-state index contributed by atoms with van der Waals surface area (Å²) in [5, 5.41) is 14.6. The maximum atomic E-state index is 10.3. The molecule has 0 saturated heterocycles. The number of aromatic nitrogens is 2. The number of allylic oxidation sites excluding steroid dienone is 1. The van der Waals surface area contributed by atoms with Gasteiger partial charge in [-0.15, -0.1) is 0 Å². The molecule has 1 N–H and O–H groups in total. The van der Waals surface area contributed by atoms with Crippen LogP contribution in [0, 0.1) is 6.92 Å². The van der Waals surface area contributed by atoms with E-state index < -0.39 is 6.10 Å². The molecule has 16 heavy (non-hydrogen) atoms. The molecule has 3 heteroatoms. The average Bonchev–Trinajstić information content (AvgIpc) is 2.49. The molecule has 0 aromatic carbocycles. The van der Waals surface area contributed by atoms with Crippen molar-refractivity contribution in [3.63, 3.8) is 0 Å². The molecule has 2 rings (SSSR count). The van der Waals surface area contributed by atoms with Gasteiger partial charge in [0.1, 0.15) is 6.10 Å². The standard InChI is InChI=1S/C13H20N2O/c1-10-9-12(15(2)14-10)13(16)11-7-5-3-4-6-8-11/h7,9,13,16H,3-6,8H2,1-2H3. The van der Waals surface area contributed by atoms with E-state index in [4.69, 9.17) is 0 Å². The van der Waals surface area contributed by atoms with E-state index in [2.05, 4.69) is 11.2 Å². The first kappa shape index (κ1) is 11.4. The third-order valence-electron chi connectivity index (χ3n) is 3.25. The minimum atomic E-state index is -0.468. The molecule has 0 amide bonds. The summed E-state index contributed by atoms with van der Waals surface area (Å²) in [5.41, 5.74) is 3.04. The normalized spacial score (nSPS) is 19.1. The predicted molar refractivity (Wildman–Crippen MR) is 64.1 cm³/mol. The molecular weight excluding hydrogens is 200 g/mol. The number of nitrogens with zero attached hydrogens (tertiary/aromatic N) is 2. The van der Waals surface area contributed by atoms with Crippen LogP contribution < -0.4 is 0 Å². The van der Waals surface area contributed by atoms with E-state index in [9.17, 15) is 5.11 Å². The Morgan fingerprint density at radius 1 is 1.38 bits per heavy atom. The van der Waals surface area contributed by atoms with Crippen molar-refractivity contribution >= 4 is 0 Å². The van der Waals surface area contributed by atoms with Crippen molar-refractivity contribution < 1.29 is 5.11 Å². The van der Waals surface area contributed by atoms with Crippen molar-refractivity contribution in [1.82, 2.24) is 9.78 Å². The number of aliphatic hydroxyl groups is 1. The van der Waals surface area contributed by atoms with Gasteiger partial charge in [0.05, 0.1) is 11.4 Å². The lowest BCUT2D eigenvalue weighted by atomic mass is 10.0. The van der Waals surface area contributed by atoms with E-state index in [-0.39, 0.29) is 0 Å². The van der Waals surface area contributed by atoms with Crippen LogP contribution in [0.25, 0.3) is 0 Å². The Morgan fingerprint density at radius 2 is 2.19 bits per heavy atom. The summed E-state index contributed by atoms with van der Waals surface area (Å²) in [6, 6.07) is 1.97. The third-order valence-corrected chi connectivity index (χ3v) is 3.25. The maximum Gasteiger partial charge on any atom is 0.117 e. The van der Waals surface area contributed by atoms with Crippen LogP contribution in [0.3, 0.4) is 0 Å². The number of hydrogen-bond donors (Lipinski definition) is 1. The van der Waals surface area contributed by atoms with Gasteiger partial charge in [-0.3, -0.25) is 4.68 Å². The van der Waals surface area contributed by atoms with E-state index in [1.54, 1.807) is 4.68 Å². The van der Waals surface area contributed by atoms with Gasteiger partial charge in [0.25, 0.3) is 0 Å². The number of rotatable bonds is 2. The van der Waals surface area contributed by atoms with E-state index in [1.165, 1.54) is 24.8 Å². The summed E-state index contributed by atoms with van der Waals surface area (Å²) in [7, 11) is 1.89. The summed E-state index contributed by atoms with van der Waals surface area (Å²) < 4.78 is 1.78. The Hall–Kier alpha value is -1.09. The highest BCUT2D eigenvalue weighted by atomic mass is 16.3. The molecule has 1 aliphatic carbocycles. The van der Waals surface area contributed by atoms with Gasteiger partial charge in [-0.05, 0) is 44.2 Å². The van der Waals surface area contributed by atoms with Crippen molar-refractivity contribution in [2.45, 2.75) is 45.1 Å². The zero-order chi connectivity index (χ0) is 11.5. The van der Waals surface area contributed by atoms with Crippen LogP contribution in [0.1, 0.15) is 49.6 Å². The molecule has 1 aromatic heterocycles. The van der Waals surface area contributed by atoms with Gasteiger partial charge in [0.15, 0.2) is 0 Å². The van der Waals surface area contributed by atoms with Gasteiger partial charge in [-0.2, -0.15) is 5.10 Å². The fourth-order valence-corrected chi connectivity index (χ4v) is 2.36. The van der Waals surface area contributed by atoms with Crippen molar-refractivity contribution in [2.75, 3.05) is 0 Å². The highest BCUT2D eigenvalue weighted by Crippen LogP contribution is 2.29. The second-order valence-corrected chi connectivity index (χ2v) is 4.62. The van der Waals surface area contributed by atoms with Crippen molar-refractivity contribution in [2.24, 2.45) is 7.05 Å². The van der Waals surface area contributed by atoms with Gasteiger partial charge in [0.2, 0.25) is 0 Å². The molecule has 1 aliphatic rings. The van der Waals surface area contributed by atoms with E-state index in [1.807, 2.05) is 20.0 Å². The largest absolute Gasteiger partial charge is 0.382 e. The number of aryl methyl sites for hydroxylation is 2. The SMILES string of the molecule is Cc1cc(C(O)C2=CCCCCC2)n(C)n1. The highest BCUT2D eigenvalue weighted by molar-refractivity contribution is 5.22. The van der Waals surface area contributed by atoms with E-state index in [0.717, 1.165) is 24.2 Å². The average molecular weight is 220 g/mol. The molecule has 0 aliphatic heterocycles. The molecule has 0 saturated carbocycles. The first-order valence-corrected chi connectivity index (χ1v) is 6.06. The van der Waals surface area contributed by atoms with Gasteiger partial charge < -0.3 is 5.11 Å². The summed E-state index contributed by atoms with van der Waals surface area (Å²) in [6.07, 6.45) is 7.58. The second-order valence-electron chi connectivity index (χ2n) is 4.62. The van der Waals surface area contributed by atoms with Gasteiger partial charge >= 0.3 is 0 Å². The van der Waals surface area contributed by atoms with Crippen LogP contribution in [0.2, 0.25) is 0 Å². The summed E-state index contributed by atoms with van der Waals surface area (Å²) >= 11 is 0. The van der Waals surface area contributed by atoms with E-state index in [0.29, 0.717) is 0 Å². The molecule has 3 nitrogen and oxygen atoms in total. The van der Waals surface area contributed by atoms with Crippen molar-refractivity contribution in [3.05, 3.63) is 29.1 Å². The van der Waals surface area contributed by atoms with Gasteiger partial charge in [-0.25, -0.2) is 0 Å². The summed E-state index contributed by atoms with van der Waals surface area (Å²) in [4.78, 5) is 0. The molecule has 1 unspecified atom stereocenters. The number of hydrogen-bond acceptors (Lipinski definition) is 2. The van der Waals surface area contributed by atoms with Crippen LogP contribution in [-0.2, 0) is 7.05 Å². The lowest BCUT2D eigenvalue weighted by molar-refractivity contribution is 0.200. The van der Waals surface area contributed by atoms with Crippen molar-refractivity contribution in [3.8, 4) is 0 Å². The minimum Gasteiger partial charge on any atom is -0.382 e. The molecular formula is C13H20N2O. The molecule has 0 radical (unpaired) electrons. The van der Waals surface area contributed by atoms with Gasteiger partial charge in [-0.1, -0.05) is 12.5 Å². The summed E-state index contributed by atoms with van der Waals surface area (Å²) in [5.74, 6) is 0. The Balaban J connectivity index is 2.20. The Labute approximate surface area is 96.8 Å². The highest BCUT2D eigenvalue weighted by Gasteiger charge is 2.18. The molecule has 0 bridgehead atoms. The molecule has 88 valence electrons. The Kier molecular flexibility index (Phi) is 3.44. The zero-order valence-electron chi connectivity index (χ0n) is 10.1. The lowest BCUT2D eigenvalue weighted by Crippen LogP contribution is -2.07. The monoisotopic (exact) mass is 220 g/mol. The molecule has 1 heterocycles. The van der Waals surface area contributed by atoms with Crippen LogP contribution in [0.4, 0.5) is 0 Å². The van der Waals surface area contributed by atoms with Crippen LogP contribution in [-0.4, -0.2) is 14.9 Å². The first-order valence-electron chi connectivity index (χ1n) is 6.06. The molecule has 1 atom stereocenters. The summed E-state index contributed by atoms with van der Waals surface area (Å²) in [6.45, 7) is 1.96. The second kappa shape index (κ2) is 4.83. The molecule has 1 aromatic rings. The van der Waals surface area contributed by atoms with Gasteiger partial charge in [0, 0.05) is 7.05 Å². The maximum absolute atomic E-state index is 10.3. The Bertz CT molecular complexity index is 393. The van der Waals surface area contributed by atoms with Crippen molar-refractivity contribution in [1.29, 1.82) is 0 Å². The predicted octanol–water partition coefficient (Wildman–Crippen LogP) is 2.65. The smallest absolute Gasteiger partial charge is 0.117 e.